The van der Waals surface area contributed by atoms with E-state index < -0.39 is 105 Å². The number of methoxy groups -OCH3 is 2. The Bertz CT molecular complexity index is 1610. The summed E-state index contributed by atoms with van der Waals surface area (Å²) in [5.74, 6) is -0.846. The first-order valence-electron chi connectivity index (χ1n) is 17.4. The van der Waals surface area contributed by atoms with Gasteiger partial charge in [-0.15, -0.1) is 0 Å². The van der Waals surface area contributed by atoms with Crippen molar-refractivity contribution in [1.29, 1.82) is 0 Å². The quantitative estimate of drug-likeness (QED) is 0.0701. The molecule has 0 aliphatic carbocycles. The van der Waals surface area contributed by atoms with Gasteiger partial charge in [0.2, 0.25) is 0 Å². The molecule has 3 aliphatic heterocycles. The molecule has 55 heavy (non-hydrogen) atoms. The molecule has 13 atom stereocenters. The number of aliphatic hydroxyl groups is 7. The first-order chi connectivity index (χ1) is 26.2. The smallest absolute Gasteiger partial charge is 0.331 e. The lowest BCUT2D eigenvalue weighted by Gasteiger charge is -2.45. The van der Waals surface area contributed by atoms with Gasteiger partial charge in [0.1, 0.15) is 48.3 Å². The summed E-state index contributed by atoms with van der Waals surface area (Å²) in [5.41, 5.74) is -1.01. The van der Waals surface area contributed by atoms with Crippen molar-refractivity contribution in [3.05, 3.63) is 53.6 Å². The second-order valence-corrected chi connectivity index (χ2v) is 13.3. The predicted octanol–water partition coefficient (Wildman–Crippen LogP) is -1.94. The SMILES string of the molecule is COc1cc(C=CC(=O)O[C@H]2[C@@H](O[C@H]3OC[C@@](O)(CO)[C@H]3O)[C@H](O)[C@@H](OCCc3ccc(O)c(OC)c3)O[C@@H]2CO[C@@H]2O[C@@H](C)[C@H](O)[C@@H](O)[C@H]2O)ccc1O. The molecular weight excluding hydrogens is 736 g/mol. The van der Waals surface area contributed by atoms with Gasteiger partial charge < -0.3 is 88.6 Å². The van der Waals surface area contributed by atoms with Crippen LogP contribution in [-0.4, -0.2) is 172 Å². The van der Waals surface area contributed by atoms with Gasteiger partial charge in [-0.1, -0.05) is 12.1 Å². The van der Waals surface area contributed by atoms with E-state index in [0.29, 0.717) is 11.1 Å². The standard InChI is InChI=1S/C36H48O19/c1-17-26(41)27(42)28(43)33(52-17)50-14-24-30(54-25(40)9-6-18-4-7-20(38)22(12-18)47-2)31(55-35-32(45)36(46,15-37)16-51-35)29(44)34(53-24)49-11-10-19-5-8-21(39)23(13-19)48-3/h4-9,12-13,17,24,26-35,37-39,41-46H,10-11,14-16H2,1-3H3/t17-,24+,26-,27+,28+,29-,30+,31-,32-,33+,34-,35+,36-/m0/s1. The van der Waals surface area contributed by atoms with Crippen molar-refractivity contribution in [2.45, 2.75) is 92.8 Å². The minimum atomic E-state index is -2.12. The molecule has 2 aromatic rings. The largest absolute Gasteiger partial charge is 0.504 e. The van der Waals surface area contributed by atoms with E-state index in [-0.39, 0.29) is 36.0 Å². The zero-order valence-corrected chi connectivity index (χ0v) is 30.2. The van der Waals surface area contributed by atoms with Crippen molar-refractivity contribution in [1.82, 2.24) is 0 Å². The summed E-state index contributed by atoms with van der Waals surface area (Å²) in [4.78, 5) is 13.4. The average Bonchev–Trinajstić information content (AvgIpc) is 3.46. The Labute approximate surface area is 315 Å². The number of carbonyl (C=O) groups is 1. The van der Waals surface area contributed by atoms with Crippen LogP contribution in [0.5, 0.6) is 23.0 Å². The Morgan fingerprint density at radius 2 is 1.53 bits per heavy atom. The van der Waals surface area contributed by atoms with E-state index in [9.17, 15) is 50.8 Å². The molecule has 2 aromatic carbocycles. The highest BCUT2D eigenvalue weighted by molar-refractivity contribution is 5.87. The molecule has 0 bridgehead atoms. The zero-order chi connectivity index (χ0) is 40.0. The summed E-state index contributed by atoms with van der Waals surface area (Å²) in [7, 11) is 2.74. The fraction of sp³-hybridized carbons (Fsp3) is 0.583. The van der Waals surface area contributed by atoms with E-state index in [4.69, 9.17) is 42.6 Å². The van der Waals surface area contributed by atoms with Crippen LogP contribution in [0.15, 0.2) is 42.5 Å². The number of benzene rings is 2. The van der Waals surface area contributed by atoms with Crippen LogP contribution in [0.2, 0.25) is 0 Å². The van der Waals surface area contributed by atoms with Crippen molar-refractivity contribution in [2.24, 2.45) is 0 Å². The summed E-state index contributed by atoms with van der Waals surface area (Å²) in [6.07, 6.45) is -16.1. The Kier molecular flexibility index (Phi) is 14.3. The van der Waals surface area contributed by atoms with Crippen LogP contribution >= 0.6 is 0 Å². The number of rotatable bonds is 15. The number of aromatic hydroxyl groups is 2. The first-order valence-corrected chi connectivity index (χ1v) is 17.4. The predicted molar refractivity (Wildman–Crippen MR) is 184 cm³/mol. The van der Waals surface area contributed by atoms with Crippen LogP contribution in [0.25, 0.3) is 6.08 Å². The molecule has 306 valence electrons. The summed E-state index contributed by atoms with van der Waals surface area (Å²) in [6.45, 7) is -0.656. The molecule has 0 aromatic heterocycles. The van der Waals surface area contributed by atoms with Crippen LogP contribution in [0, 0.1) is 0 Å². The minimum absolute atomic E-state index is 0.0767. The fourth-order valence-corrected chi connectivity index (χ4v) is 6.17. The second kappa shape index (κ2) is 18.5. The van der Waals surface area contributed by atoms with Crippen LogP contribution in [0.3, 0.4) is 0 Å². The van der Waals surface area contributed by atoms with Crippen molar-refractivity contribution < 1.29 is 93.4 Å². The number of phenols is 2. The summed E-state index contributed by atoms with van der Waals surface area (Å²) in [5, 5.41) is 93.7. The molecule has 3 heterocycles. The molecular formula is C36H48O19. The Morgan fingerprint density at radius 1 is 0.855 bits per heavy atom. The van der Waals surface area contributed by atoms with Gasteiger partial charge in [0.15, 0.2) is 48.0 Å². The molecule has 9 N–H and O–H groups in total. The molecule has 0 amide bonds. The average molecular weight is 785 g/mol. The van der Waals surface area contributed by atoms with E-state index in [0.717, 1.165) is 6.08 Å². The van der Waals surface area contributed by atoms with E-state index >= 15 is 0 Å². The van der Waals surface area contributed by atoms with E-state index in [1.165, 1.54) is 51.5 Å². The third-order valence-corrected chi connectivity index (χ3v) is 9.50. The Hall–Kier alpha value is -3.67. The molecule has 19 heteroatoms. The number of ether oxygens (including phenoxy) is 9. The number of hydrogen-bond acceptors (Lipinski definition) is 19. The van der Waals surface area contributed by atoms with Gasteiger partial charge in [-0.2, -0.15) is 0 Å². The number of phenolic OH excluding ortho intramolecular Hbond substituents is 2. The topological polar surface area (TPSA) is 282 Å². The molecule has 3 aliphatic rings. The Morgan fingerprint density at radius 3 is 2.20 bits per heavy atom. The third kappa shape index (κ3) is 9.84. The molecule has 0 spiro atoms. The number of aliphatic hydroxyl groups excluding tert-OH is 6. The van der Waals surface area contributed by atoms with Gasteiger partial charge in [0.05, 0.1) is 46.8 Å². The highest BCUT2D eigenvalue weighted by atomic mass is 16.8. The summed E-state index contributed by atoms with van der Waals surface area (Å²) >= 11 is 0. The second-order valence-electron chi connectivity index (χ2n) is 13.3. The third-order valence-electron chi connectivity index (χ3n) is 9.50. The molecule has 3 fully saturated rings. The molecule has 3 saturated heterocycles. The lowest BCUT2D eigenvalue weighted by Crippen LogP contribution is -2.63. The molecule has 0 saturated carbocycles. The lowest BCUT2D eigenvalue weighted by molar-refractivity contribution is -0.344. The highest BCUT2D eigenvalue weighted by Gasteiger charge is 2.55. The number of hydrogen-bond donors (Lipinski definition) is 9. The normalized spacial score (nSPS) is 35.2. The van der Waals surface area contributed by atoms with Gasteiger partial charge >= 0.3 is 5.97 Å². The zero-order valence-electron chi connectivity index (χ0n) is 30.2. The molecule has 0 unspecified atom stereocenters. The van der Waals surface area contributed by atoms with Gasteiger partial charge in [-0.05, 0) is 54.8 Å². The maximum atomic E-state index is 13.4. The minimum Gasteiger partial charge on any atom is -0.504 e. The van der Waals surface area contributed by atoms with E-state index in [1.807, 2.05) is 0 Å². The molecule has 5 rings (SSSR count). The highest BCUT2D eigenvalue weighted by Crippen LogP contribution is 2.34. The maximum Gasteiger partial charge on any atom is 0.331 e. The number of esters is 1. The fourth-order valence-electron chi connectivity index (χ4n) is 6.17. The molecule has 19 nitrogen and oxygen atoms in total. The van der Waals surface area contributed by atoms with Crippen molar-refractivity contribution in [3.63, 3.8) is 0 Å². The van der Waals surface area contributed by atoms with Crippen LogP contribution in [0.1, 0.15) is 18.1 Å². The van der Waals surface area contributed by atoms with Gasteiger partial charge in [-0.3, -0.25) is 0 Å². The van der Waals surface area contributed by atoms with E-state index in [2.05, 4.69) is 0 Å². The van der Waals surface area contributed by atoms with Gasteiger partial charge in [-0.25, -0.2) is 4.79 Å². The van der Waals surface area contributed by atoms with Crippen LogP contribution in [-0.2, 0) is 44.4 Å². The van der Waals surface area contributed by atoms with Crippen LogP contribution < -0.4 is 9.47 Å². The van der Waals surface area contributed by atoms with Crippen molar-refractivity contribution in [3.8, 4) is 23.0 Å². The number of carbonyl (C=O) groups excluding carboxylic acids is 1. The van der Waals surface area contributed by atoms with Gasteiger partial charge in [0.25, 0.3) is 0 Å². The van der Waals surface area contributed by atoms with Crippen molar-refractivity contribution >= 4 is 12.0 Å². The first kappa shape index (κ1) is 42.5. The molecule has 0 radical (unpaired) electrons. The Balaban J connectivity index is 1.42. The monoisotopic (exact) mass is 784 g/mol. The van der Waals surface area contributed by atoms with Gasteiger partial charge in [0, 0.05) is 6.08 Å². The summed E-state index contributed by atoms with van der Waals surface area (Å²) in [6, 6.07) is 8.94. The van der Waals surface area contributed by atoms with E-state index in [1.54, 1.807) is 12.1 Å². The van der Waals surface area contributed by atoms with Crippen LogP contribution in [0.4, 0.5) is 0 Å². The summed E-state index contributed by atoms with van der Waals surface area (Å²) < 4.78 is 50.8. The van der Waals surface area contributed by atoms with Crippen molar-refractivity contribution in [2.75, 3.05) is 40.6 Å². The lowest BCUT2D eigenvalue weighted by atomic mass is 9.97. The maximum absolute atomic E-state index is 13.4.